The molecule has 0 aromatic carbocycles. The standard InChI is InChI=1S/C36H50N8O9/c1-25-29-22-39-36(41-34(29)44(27-5-3-4-6-27)35(48)33(25)26(2)45)40-31-8-7-28(21-38-31)42-9-11-43(12-10-42)32(47)24-53-20-18-51-16-14-49-13-15-50-17-19-52-23-30(37)46/h7-8,21-22,27H,3-6,9-20,23-24H2,1-2H3,(H2,37,46)(H,38,39,40,41). The molecule has 1 saturated carbocycles. The summed E-state index contributed by atoms with van der Waals surface area (Å²) in [6, 6.07) is 3.80. The first-order chi connectivity index (χ1) is 25.7. The molecule has 288 valence electrons. The summed E-state index contributed by atoms with van der Waals surface area (Å²) in [5.74, 6) is 0.0341. The molecule has 2 fully saturated rings. The normalized spacial score (nSPS) is 15.0. The molecule has 1 aliphatic carbocycles. The number of pyridine rings is 2. The Morgan fingerprint density at radius 3 is 2.00 bits per heavy atom. The number of aromatic nitrogens is 4. The molecule has 53 heavy (non-hydrogen) atoms. The maximum absolute atomic E-state index is 13.5. The minimum atomic E-state index is -0.513. The molecule has 1 aliphatic heterocycles. The van der Waals surface area contributed by atoms with Crippen molar-refractivity contribution in [3.63, 3.8) is 0 Å². The lowest BCUT2D eigenvalue weighted by Gasteiger charge is -2.36. The third-order valence-electron chi connectivity index (χ3n) is 9.19. The van der Waals surface area contributed by atoms with E-state index in [1.807, 2.05) is 12.1 Å². The van der Waals surface area contributed by atoms with Crippen molar-refractivity contribution in [3.05, 3.63) is 46.0 Å². The van der Waals surface area contributed by atoms with Crippen molar-refractivity contribution < 1.29 is 38.1 Å². The van der Waals surface area contributed by atoms with Crippen LogP contribution in [0.3, 0.4) is 0 Å². The Labute approximate surface area is 308 Å². The SMILES string of the molecule is CC(=O)c1c(C)c2cnc(Nc3ccc(N4CCN(C(=O)COCCOCCOCCOCCOCC(N)=O)CC4)cn3)nc2n(C2CCCC2)c1=O. The predicted molar refractivity (Wildman–Crippen MR) is 196 cm³/mol. The molecular weight excluding hydrogens is 688 g/mol. The fourth-order valence-electron chi connectivity index (χ4n) is 6.49. The summed E-state index contributed by atoms with van der Waals surface area (Å²) < 4.78 is 28.4. The number of nitrogens with two attached hydrogens (primary N) is 1. The number of nitrogens with zero attached hydrogens (tertiary/aromatic N) is 6. The van der Waals surface area contributed by atoms with Crippen LogP contribution in [-0.4, -0.2) is 134 Å². The minimum Gasteiger partial charge on any atom is -0.377 e. The summed E-state index contributed by atoms with van der Waals surface area (Å²) in [4.78, 5) is 66.9. The molecule has 0 atom stereocenters. The third-order valence-corrected chi connectivity index (χ3v) is 9.19. The molecule has 0 radical (unpaired) electrons. The van der Waals surface area contributed by atoms with Gasteiger partial charge in [0.25, 0.3) is 5.56 Å². The molecule has 0 unspecified atom stereocenters. The van der Waals surface area contributed by atoms with Gasteiger partial charge in [0, 0.05) is 43.8 Å². The summed E-state index contributed by atoms with van der Waals surface area (Å²) in [6.45, 7) is 8.46. The van der Waals surface area contributed by atoms with E-state index in [4.69, 9.17) is 34.4 Å². The zero-order chi connectivity index (χ0) is 37.6. The van der Waals surface area contributed by atoms with Gasteiger partial charge in [-0.2, -0.15) is 4.98 Å². The van der Waals surface area contributed by atoms with E-state index < -0.39 is 5.91 Å². The highest BCUT2D eigenvalue weighted by atomic mass is 16.6. The van der Waals surface area contributed by atoms with E-state index in [9.17, 15) is 19.2 Å². The van der Waals surface area contributed by atoms with E-state index in [-0.39, 0.29) is 42.1 Å². The number of primary amides is 1. The number of amides is 2. The summed E-state index contributed by atoms with van der Waals surface area (Å²) in [5.41, 5.74) is 6.94. The number of carbonyl (C=O) groups excluding carboxylic acids is 3. The average Bonchev–Trinajstić information content (AvgIpc) is 3.68. The van der Waals surface area contributed by atoms with Gasteiger partial charge >= 0.3 is 0 Å². The molecule has 5 rings (SSSR count). The fraction of sp³-hybridized carbons (Fsp3) is 0.583. The molecule has 17 nitrogen and oxygen atoms in total. The van der Waals surface area contributed by atoms with Crippen LogP contribution in [0.1, 0.15) is 54.6 Å². The number of piperazine rings is 1. The van der Waals surface area contributed by atoms with Gasteiger partial charge in [0.1, 0.15) is 24.7 Å². The number of fused-ring (bicyclic) bond motifs is 1. The van der Waals surface area contributed by atoms with Gasteiger partial charge in [-0.25, -0.2) is 9.97 Å². The number of hydrogen-bond donors (Lipinski definition) is 2. The van der Waals surface area contributed by atoms with Crippen LogP contribution in [0.15, 0.2) is 29.3 Å². The molecule has 2 amide bonds. The van der Waals surface area contributed by atoms with Gasteiger partial charge in [0.2, 0.25) is 17.8 Å². The maximum atomic E-state index is 13.5. The van der Waals surface area contributed by atoms with Crippen LogP contribution in [-0.2, 0) is 33.3 Å². The summed E-state index contributed by atoms with van der Waals surface area (Å²) in [5, 5.41) is 3.85. The molecule has 0 spiro atoms. The van der Waals surface area contributed by atoms with Gasteiger partial charge in [-0.15, -0.1) is 0 Å². The van der Waals surface area contributed by atoms with Crippen molar-refractivity contribution in [2.45, 2.75) is 45.6 Å². The Bertz CT molecular complexity index is 1740. The van der Waals surface area contributed by atoms with Crippen LogP contribution < -0.4 is 21.5 Å². The van der Waals surface area contributed by atoms with Crippen molar-refractivity contribution in [1.82, 2.24) is 24.4 Å². The number of anilines is 3. The van der Waals surface area contributed by atoms with Crippen LogP contribution in [0.25, 0.3) is 11.0 Å². The Balaban J connectivity index is 0.998. The van der Waals surface area contributed by atoms with Gasteiger partial charge in [0.05, 0.1) is 70.3 Å². The van der Waals surface area contributed by atoms with Crippen molar-refractivity contribution in [3.8, 4) is 0 Å². The number of rotatable bonds is 21. The van der Waals surface area contributed by atoms with E-state index >= 15 is 0 Å². The van der Waals surface area contributed by atoms with Gasteiger partial charge in [-0.1, -0.05) is 12.8 Å². The Hall–Kier alpha value is -4.55. The molecule has 3 aromatic heterocycles. The fourth-order valence-corrected chi connectivity index (χ4v) is 6.49. The smallest absolute Gasteiger partial charge is 0.263 e. The number of ether oxygens (including phenoxy) is 5. The topological polar surface area (TPSA) is 203 Å². The van der Waals surface area contributed by atoms with E-state index in [2.05, 4.69) is 20.2 Å². The lowest BCUT2D eigenvalue weighted by molar-refractivity contribution is -0.137. The molecule has 3 N–H and O–H groups in total. The molecule has 1 saturated heterocycles. The van der Waals surface area contributed by atoms with Crippen molar-refractivity contribution >= 4 is 46.1 Å². The van der Waals surface area contributed by atoms with Crippen LogP contribution in [0.5, 0.6) is 0 Å². The molecule has 0 bridgehead atoms. The van der Waals surface area contributed by atoms with Gasteiger partial charge in [-0.3, -0.25) is 23.7 Å². The summed E-state index contributed by atoms with van der Waals surface area (Å²) in [6.07, 6.45) is 7.24. The quantitative estimate of drug-likeness (QED) is 0.118. The largest absolute Gasteiger partial charge is 0.377 e. The van der Waals surface area contributed by atoms with Crippen molar-refractivity contribution in [2.75, 3.05) is 102 Å². The lowest BCUT2D eigenvalue weighted by Crippen LogP contribution is -2.49. The highest BCUT2D eigenvalue weighted by molar-refractivity contribution is 5.99. The molecule has 2 aliphatic rings. The highest BCUT2D eigenvalue weighted by Gasteiger charge is 2.26. The Morgan fingerprint density at radius 2 is 1.43 bits per heavy atom. The van der Waals surface area contributed by atoms with E-state index in [0.717, 1.165) is 31.4 Å². The predicted octanol–water partition coefficient (Wildman–Crippen LogP) is 1.77. The summed E-state index contributed by atoms with van der Waals surface area (Å²) >= 11 is 0. The van der Waals surface area contributed by atoms with Crippen LogP contribution in [0.2, 0.25) is 0 Å². The van der Waals surface area contributed by atoms with E-state index in [1.54, 1.807) is 28.8 Å². The molecule has 4 heterocycles. The average molecular weight is 739 g/mol. The second-order valence-corrected chi connectivity index (χ2v) is 12.9. The van der Waals surface area contributed by atoms with Crippen molar-refractivity contribution in [1.29, 1.82) is 0 Å². The van der Waals surface area contributed by atoms with Gasteiger partial charge < -0.3 is 44.5 Å². The Morgan fingerprint density at radius 1 is 0.830 bits per heavy atom. The number of carbonyl (C=O) groups is 3. The summed E-state index contributed by atoms with van der Waals surface area (Å²) in [7, 11) is 0. The first-order valence-corrected chi connectivity index (χ1v) is 18.1. The highest BCUT2D eigenvalue weighted by Crippen LogP contribution is 2.32. The van der Waals surface area contributed by atoms with E-state index in [0.29, 0.717) is 107 Å². The molecule has 3 aromatic rings. The number of nitrogens with one attached hydrogen (secondary N) is 1. The first-order valence-electron chi connectivity index (χ1n) is 18.1. The number of ketones is 1. The third kappa shape index (κ3) is 11.2. The monoisotopic (exact) mass is 738 g/mol. The maximum Gasteiger partial charge on any atom is 0.263 e. The molecular formula is C36H50N8O9. The minimum absolute atomic E-state index is 0.00227. The number of aryl methyl sites for hydroxylation is 1. The molecule has 17 heteroatoms. The van der Waals surface area contributed by atoms with Crippen molar-refractivity contribution in [2.24, 2.45) is 5.73 Å². The van der Waals surface area contributed by atoms with Crippen LogP contribution in [0.4, 0.5) is 17.5 Å². The van der Waals surface area contributed by atoms with Crippen LogP contribution in [0, 0.1) is 6.92 Å². The number of Topliss-reactive ketones (excluding diaryl/α,β-unsaturated/α-hetero) is 1. The number of hydrogen-bond acceptors (Lipinski definition) is 14. The second kappa shape index (κ2) is 20.1. The lowest BCUT2D eigenvalue weighted by atomic mass is 10.0. The zero-order valence-electron chi connectivity index (χ0n) is 30.5. The Kier molecular flexibility index (Phi) is 15.0. The zero-order valence-corrected chi connectivity index (χ0v) is 30.5. The van der Waals surface area contributed by atoms with Crippen LogP contribution >= 0.6 is 0 Å². The van der Waals surface area contributed by atoms with E-state index in [1.165, 1.54) is 6.92 Å². The van der Waals surface area contributed by atoms with Gasteiger partial charge in [0.15, 0.2) is 5.78 Å². The second-order valence-electron chi connectivity index (χ2n) is 12.9. The van der Waals surface area contributed by atoms with Gasteiger partial charge in [-0.05, 0) is 44.4 Å². The first kappa shape index (κ1) is 39.7.